The normalized spacial score (nSPS) is 12.8. The van der Waals surface area contributed by atoms with Crippen molar-refractivity contribution in [1.29, 1.82) is 0 Å². The SMILES string of the molecule is CCC(C)(C)c1cc([S+](C)C)ccc1OS(=O)(=O)OC. The van der Waals surface area contributed by atoms with E-state index in [1.807, 2.05) is 12.1 Å². The van der Waals surface area contributed by atoms with Crippen LogP contribution in [-0.2, 0) is 30.9 Å². The topological polar surface area (TPSA) is 52.6 Å². The maximum Gasteiger partial charge on any atom is 0.448 e. The third-order valence-electron chi connectivity index (χ3n) is 3.43. The van der Waals surface area contributed by atoms with Crippen molar-refractivity contribution in [3.05, 3.63) is 23.8 Å². The van der Waals surface area contributed by atoms with Gasteiger partial charge in [-0.2, -0.15) is 8.42 Å². The van der Waals surface area contributed by atoms with Crippen LogP contribution >= 0.6 is 0 Å². The fourth-order valence-electron chi connectivity index (χ4n) is 1.70. The molecule has 0 aromatic heterocycles. The molecule has 1 aromatic carbocycles. The number of rotatable bonds is 6. The van der Waals surface area contributed by atoms with Crippen molar-refractivity contribution in [3.63, 3.8) is 0 Å². The smallest absolute Gasteiger partial charge is 0.361 e. The zero-order chi connectivity index (χ0) is 15.6. The van der Waals surface area contributed by atoms with E-state index in [1.54, 1.807) is 6.07 Å². The minimum atomic E-state index is -3.99. The van der Waals surface area contributed by atoms with Crippen LogP contribution in [0.5, 0.6) is 5.75 Å². The van der Waals surface area contributed by atoms with Crippen molar-refractivity contribution in [1.82, 2.24) is 0 Å². The lowest BCUT2D eigenvalue weighted by atomic mass is 9.82. The maximum atomic E-state index is 11.5. The Labute approximate surface area is 125 Å². The van der Waals surface area contributed by atoms with Gasteiger partial charge in [0.05, 0.1) is 7.11 Å². The van der Waals surface area contributed by atoms with Crippen molar-refractivity contribution >= 4 is 21.3 Å². The molecule has 4 nitrogen and oxygen atoms in total. The number of benzene rings is 1. The predicted octanol–water partition coefficient (Wildman–Crippen LogP) is 2.88. The first kappa shape index (κ1) is 17.3. The quantitative estimate of drug-likeness (QED) is 0.757. The van der Waals surface area contributed by atoms with Crippen molar-refractivity contribution in [2.24, 2.45) is 0 Å². The lowest BCUT2D eigenvalue weighted by Crippen LogP contribution is -2.20. The van der Waals surface area contributed by atoms with E-state index in [0.717, 1.165) is 19.1 Å². The van der Waals surface area contributed by atoms with E-state index < -0.39 is 10.4 Å². The van der Waals surface area contributed by atoms with E-state index >= 15 is 0 Å². The van der Waals surface area contributed by atoms with Gasteiger partial charge in [-0.25, -0.2) is 4.18 Å². The molecule has 0 atom stereocenters. The van der Waals surface area contributed by atoms with E-state index in [-0.39, 0.29) is 16.3 Å². The van der Waals surface area contributed by atoms with Gasteiger partial charge in [-0.1, -0.05) is 20.8 Å². The van der Waals surface area contributed by atoms with E-state index in [0.29, 0.717) is 5.75 Å². The van der Waals surface area contributed by atoms with E-state index in [1.165, 1.54) is 4.90 Å². The Morgan fingerprint density at radius 3 is 2.30 bits per heavy atom. The molecule has 0 amide bonds. The van der Waals surface area contributed by atoms with Crippen LogP contribution in [0, 0.1) is 0 Å². The molecule has 0 radical (unpaired) electrons. The van der Waals surface area contributed by atoms with Crippen LogP contribution in [0.4, 0.5) is 0 Å². The van der Waals surface area contributed by atoms with Crippen LogP contribution in [0.25, 0.3) is 0 Å². The zero-order valence-corrected chi connectivity index (χ0v) is 14.5. The zero-order valence-electron chi connectivity index (χ0n) is 12.9. The molecule has 20 heavy (non-hydrogen) atoms. The molecule has 0 bridgehead atoms. The van der Waals surface area contributed by atoms with Crippen LogP contribution in [-0.4, -0.2) is 28.0 Å². The van der Waals surface area contributed by atoms with Gasteiger partial charge < -0.3 is 4.18 Å². The average molecular weight is 319 g/mol. The van der Waals surface area contributed by atoms with Gasteiger partial charge in [0.15, 0.2) is 4.90 Å². The molecule has 114 valence electrons. The Bertz CT molecular complexity index is 563. The molecule has 6 heteroatoms. The Kier molecular flexibility index (Phi) is 5.52. The van der Waals surface area contributed by atoms with Gasteiger partial charge in [0.1, 0.15) is 18.3 Å². The van der Waals surface area contributed by atoms with Crippen LogP contribution in [0.2, 0.25) is 0 Å². The lowest BCUT2D eigenvalue weighted by molar-refractivity contribution is 0.326. The van der Waals surface area contributed by atoms with Crippen molar-refractivity contribution in [3.8, 4) is 5.75 Å². The molecule has 0 unspecified atom stereocenters. The third-order valence-corrected chi connectivity index (χ3v) is 5.42. The van der Waals surface area contributed by atoms with Crippen molar-refractivity contribution < 1.29 is 16.8 Å². The minimum Gasteiger partial charge on any atom is -0.361 e. The van der Waals surface area contributed by atoms with Gasteiger partial charge in [0, 0.05) is 22.5 Å². The Hall–Kier alpha value is -0.720. The second kappa shape index (κ2) is 6.37. The van der Waals surface area contributed by atoms with E-state index in [4.69, 9.17) is 4.18 Å². The highest BCUT2D eigenvalue weighted by Crippen LogP contribution is 2.36. The largest absolute Gasteiger partial charge is 0.448 e. The summed E-state index contributed by atoms with van der Waals surface area (Å²) in [6.45, 7) is 6.21. The first-order valence-electron chi connectivity index (χ1n) is 6.35. The highest BCUT2D eigenvalue weighted by Gasteiger charge is 2.27. The summed E-state index contributed by atoms with van der Waals surface area (Å²) in [7, 11) is -2.80. The first-order chi connectivity index (χ1) is 9.13. The summed E-state index contributed by atoms with van der Waals surface area (Å²) in [6.07, 6.45) is 5.13. The van der Waals surface area contributed by atoms with E-state index in [2.05, 4.69) is 37.5 Å². The van der Waals surface area contributed by atoms with Gasteiger partial charge in [0.25, 0.3) is 0 Å². The van der Waals surface area contributed by atoms with Gasteiger partial charge in [-0.05, 0) is 24.0 Å². The molecule has 0 aliphatic carbocycles. The minimum absolute atomic E-state index is 0.105. The van der Waals surface area contributed by atoms with Crippen molar-refractivity contribution in [2.45, 2.75) is 37.5 Å². The predicted molar refractivity (Wildman–Crippen MR) is 83.8 cm³/mol. The molecule has 1 aromatic rings. The molecule has 1 rings (SSSR count). The second-order valence-electron chi connectivity index (χ2n) is 5.37. The first-order valence-corrected chi connectivity index (χ1v) is 9.72. The number of hydrogen-bond donors (Lipinski definition) is 0. The molecular weight excluding hydrogens is 296 g/mol. The summed E-state index contributed by atoms with van der Waals surface area (Å²) in [5.74, 6) is 0.341. The van der Waals surface area contributed by atoms with E-state index in [9.17, 15) is 8.42 Å². The summed E-state index contributed by atoms with van der Waals surface area (Å²) >= 11 is 0. The van der Waals surface area contributed by atoms with Gasteiger partial charge in [-0.15, -0.1) is 0 Å². The second-order valence-corrected chi connectivity index (χ2v) is 8.79. The van der Waals surface area contributed by atoms with Gasteiger partial charge >= 0.3 is 10.4 Å². The number of hydrogen-bond acceptors (Lipinski definition) is 4. The molecule has 0 aliphatic rings. The summed E-state index contributed by atoms with van der Waals surface area (Å²) < 4.78 is 32.5. The van der Waals surface area contributed by atoms with Gasteiger partial charge in [-0.3, -0.25) is 0 Å². The summed E-state index contributed by atoms with van der Waals surface area (Å²) in [4.78, 5) is 1.18. The fraction of sp³-hybridized carbons (Fsp3) is 0.571. The fourth-order valence-corrected chi connectivity index (χ4v) is 2.83. The molecule has 0 heterocycles. The van der Waals surface area contributed by atoms with Crippen LogP contribution in [0.3, 0.4) is 0 Å². The Morgan fingerprint density at radius 2 is 1.85 bits per heavy atom. The molecule has 0 fully saturated rings. The summed E-state index contributed by atoms with van der Waals surface area (Å²) in [5, 5.41) is 0. The van der Waals surface area contributed by atoms with Crippen molar-refractivity contribution in [2.75, 3.05) is 19.6 Å². The highest BCUT2D eigenvalue weighted by molar-refractivity contribution is 7.95. The Balaban J connectivity index is 3.37. The maximum absolute atomic E-state index is 11.5. The van der Waals surface area contributed by atoms with Crippen LogP contribution in [0.1, 0.15) is 32.8 Å². The highest BCUT2D eigenvalue weighted by atomic mass is 32.3. The summed E-state index contributed by atoms with van der Waals surface area (Å²) in [5.41, 5.74) is 0.716. The molecule has 0 saturated carbocycles. The molecular formula is C14H23O4S2+. The molecule has 0 N–H and O–H groups in total. The standard InChI is InChI=1S/C14H23O4S2/c1-7-14(2,3)12-10-11(19(5)6)8-9-13(12)18-20(15,16)17-4/h8-10H,7H2,1-6H3/q+1. The molecule has 0 aliphatic heterocycles. The van der Waals surface area contributed by atoms with Crippen LogP contribution < -0.4 is 4.18 Å². The average Bonchev–Trinajstić information content (AvgIpc) is 2.38. The third kappa shape index (κ3) is 4.14. The Morgan fingerprint density at radius 1 is 1.25 bits per heavy atom. The lowest BCUT2D eigenvalue weighted by Gasteiger charge is -2.25. The monoisotopic (exact) mass is 319 g/mol. The molecule has 0 spiro atoms. The summed E-state index contributed by atoms with van der Waals surface area (Å²) in [6, 6.07) is 5.65. The van der Waals surface area contributed by atoms with Gasteiger partial charge in [0.2, 0.25) is 0 Å². The van der Waals surface area contributed by atoms with Crippen LogP contribution in [0.15, 0.2) is 23.1 Å². The molecule has 0 saturated heterocycles.